The Balaban J connectivity index is 1.86. The molecule has 1 atom stereocenters. The normalized spacial score (nSPS) is 17.2. The highest BCUT2D eigenvalue weighted by Gasteiger charge is 2.32. The molecule has 0 bridgehead atoms. The fourth-order valence-corrected chi connectivity index (χ4v) is 4.62. The number of aryl methyl sites for hydroxylation is 1. The molecule has 0 radical (unpaired) electrons. The SMILES string of the molecule is CCc1nnc(/N=C2/S/C(=C/c3ccc(OC(CC)C(=O)O)c(OC)c3)C(=O)N2CC)s1. The summed E-state index contributed by atoms with van der Waals surface area (Å²) in [6.45, 7) is 6.09. The van der Waals surface area contributed by atoms with Crippen LogP contribution in [0.2, 0.25) is 0 Å². The first kappa shape index (κ1) is 23.7. The molecule has 1 aromatic heterocycles. The molecule has 0 aliphatic carbocycles. The number of likely N-dealkylation sites (N-methyl/N-ethyl adjacent to an activating group) is 1. The molecule has 32 heavy (non-hydrogen) atoms. The van der Waals surface area contributed by atoms with Gasteiger partial charge in [-0.25, -0.2) is 4.79 Å². The van der Waals surface area contributed by atoms with Crippen molar-refractivity contribution in [1.29, 1.82) is 0 Å². The van der Waals surface area contributed by atoms with Crippen LogP contribution in [-0.2, 0) is 16.0 Å². The zero-order chi connectivity index (χ0) is 23.3. The van der Waals surface area contributed by atoms with Crippen LogP contribution >= 0.6 is 23.1 Å². The van der Waals surface area contributed by atoms with Crippen molar-refractivity contribution < 1.29 is 24.2 Å². The van der Waals surface area contributed by atoms with Gasteiger partial charge < -0.3 is 14.6 Å². The summed E-state index contributed by atoms with van der Waals surface area (Å²) >= 11 is 2.67. The second kappa shape index (κ2) is 10.6. The summed E-state index contributed by atoms with van der Waals surface area (Å²) in [4.78, 5) is 30.8. The van der Waals surface area contributed by atoms with Gasteiger partial charge in [0.15, 0.2) is 22.8 Å². The zero-order valence-electron chi connectivity index (χ0n) is 18.2. The fraction of sp³-hybridized carbons (Fsp3) is 0.381. The number of carbonyl (C=O) groups is 2. The summed E-state index contributed by atoms with van der Waals surface area (Å²) in [5.74, 6) is -0.471. The molecule has 0 spiro atoms. The monoisotopic (exact) mass is 476 g/mol. The maximum absolute atomic E-state index is 12.9. The first-order valence-corrected chi connectivity index (χ1v) is 11.7. The number of amidine groups is 1. The van der Waals surface area contributed by atoms with Crippen molar-refractivity contribution in [3.05, 3.63) is 33.7 Å². The number of carbonyl (C=O) groups excluding carboxylic acids is 1. The molecule has 1 saturated heterocycles. The summed E-state index contributed by atoms with van der Waals surface area (Å²) in [7, 11) is 1.48. The minimum absolute atomic E-state index is 0.146. The van der Waals surface area contributed by atoms with E-state index in [1.54, 1.807) is 36.1 Å². The van der Waals surface area contributed by atoms with Gasteiger partial charge in [0.25, 0.3) is 5.91 Å². The number of aromatic nitrogens is 2. The van der Waals surface area contributed by atoms with Crippen LogP contribution in [-0.4, -0.2) is 57.0 Å². The first-order valence-electron chi connectivity index (χ1n) is 10.1. The molecular weight excluding hydrogens is 452 g/mol. The Morgan fingerprint density at radius 2 is 2.06 bits per heavy atom. The Labute approximate surface area is 194 Å². The second-order valence-electron chi connectivity index (χ2n) is 6.65. The number of aliphatic imine (C=N–C) groups is 1. The Hall–Kier alpha value is -2.92. The van der Waals surface area contributed by atoms with Crippen LogP contribution in [0.3, 0.4) is 0 Å². The largest absolute Gasteiger partial charge is 0.493 e. The predicted octanol–water partition coefficient (Wildman–Crippen LogP) is 3.98. The van der Waals surface area contributed by atoms with Gasteiger partial charge in [-0.05, 0) is 55.3 Å². The van der Waals surface area contributed by atoms with E-state index in [0.717, 1.165) is 17.0 Å². The molecule has 2 aromatic rings. The number of nitrogens with zero attached hydrogens (tertiary/aromatic N) is 4. The third kappa shape index (κ3) is 5.28. The van der Waals surface area contributed by atoms with E-state index in [1.807, 2.05) is 13.8 Å². The van der Waals surface area contributed by atoms with Gasteiger partial charge in [0.2, 0.25) is 5.13 Å². The summed E-state index contributed by atoms with van der Waals surface area (Å²) in [5, 5.41) is 19.3. The Kier molecular flexibility index (Phi) is 7.86. The standard InChI is InChI=1S/C21H24N4O5S2/c1-5-13(19(27)28)30-14-9-8-12(10-15(14)29-4)11-16-18(26)25(7-3)21(31-16)22-20-24-23-17(6-2)32-20/h8-11,13H,5-7H2,1-4H3,(H,27,28)/b16-11+,22-21+. The minimum Gasteiger partial charge on any atom is -0.493 e. The van der Waals surface area contributed by atoms with Crippen LogP contribution in [0, 0.1) is 0 Å². The van der Waals surface area contributed by atoms with E-state index >= 15 is 0 Å². The molecule has 1 aliphatic heterocycles. The summed E-state index contributed by atoms with van der Waals surface area (Å²) in [5.41, 5.74) is 0.718. The summed E-state index contributed by atoms with van der Waals surface area (Å²) < 4.78 is 10.9. The van der Waals surface area contributed by atoms with Crippen LogP contribution in [0.15, 0.2) is 28.1 Å². The lowest BCUT2D eigenvalue weighted by molar-refractivity contribution is -0.145. The van der Waals surface area contributed by atoms with Crippen LogP contribution in [0.1, 0.15) is 37.8 Å². The number of thioether (sulfide) groups is 1. The molecule has 9 nitrogen and oxygen atoms in total. The van der Waals surface area contributed by atoms with E-state index in [9.17, 15) is 14.7 Å². The van der Waals surface area contributed by atoms with E-state index in [2.05, 4.69) is 15.2 Å². The molecule has 170 valence electrons. The van der Waals surface area contributed by atoms with Crippen LogP contribution in [0.5, 0.6) is 11.5 Å². The van der Waals surface area contributed by atoms with Crippen molar-refractivity contribution in [2.24, 2.45) is 4.99 Å². The topological polar surface area (TPSA) is 114 Å². The van der Waals surface area contributed by atoms with Gasteiger partial charge in [0, 0.05) is 6.54 Å². The summed E-state index contributed by atoms with van der Waals surface area (Å²) in [6, 6.07) is 5.09. The van der Waals surface area contributed by atoms with Crippen LogP contribution < -0.4 is 9.47 Å². The number of amides is 1. The maximum atomic E-state index is 12.9. The van der Waals surface area contributed by atoms with E-state index in [-0.39, 0.29) is 5.91 Å². The number of rotatable bonds is 9. The van der Waals surface area contributed by atoms with Crippen molar-refractivity contribution >= 4 is 51.4 Å². The first-order chi connectivity index (χ1) is 15.4. The number of aliphatic carboxylic acids is 1. The van der Waals surface area contributed by atoms with Crippen LogP contribution in [0.4, 0.5) is 5.13 Å². The molecule has 1 amide bonds. The highest BCUT2D eigenvalue weighted by atomic mass is 32.2. The van der Waals surface area contributed by atoms with Gasteiger partial charge in [-0.3, -0.25) is 9.69 Å². The van der Waals surface area contributed by atoms with Crippen molar-refractivity contribution in [1.82, 2.24) is 15.1 Å². The highest BCUT2D eigenvalue weighted by molar-refractivity contribution is 8.18. The maximum Gasteiger partial charge on any atom is 0.344 e. The summed E-state index contributed by atoms with van der Waals surface area (Å²) in [6.07, 6.45) is 1.88. The zero-order valence-corrected chi connectivity index (χ0v) is 19.8. The molecule has 1 aliphatic rings. The smallest absolute Gasteiger partial charge is 0.344 e. The van der Waals surface area contributed by atoms with Crippen molar-refractivity contribution in [3.63, 3.8) is 0 Å². The molecule has 1 unspecified atom stereocenters. The third-order valence-corrected chi connectivity index (χ3v) is 6.52. The van der Waals surface area contributed by atoms with Crippen molar-refractivity contribution in [2.75, 3.05) is 13.7 Å². The Morgan fingerprint density at radius 3 is 2.66 bits per heavy atom. The van der Waals surface area contributed by atoms with E-state index in [1.165, 1.54) is 30.2 Å². The molecule has 11 heteroatoms. The second-order valence-corrected chi connectivity index (χ2v) is 8.70. The fourth-order valence-electron chi connectivity index (χ4n) is 2.87. The average molecular weight is 477 g/mol. The van der Waals surface area contributed by atoms with E-state index in [4.69, 9.17) is 9.47 Å². The molecular formula is C21H24N4O5S2. The molecule has 1 N–H and O–H groups in total. The third-order valence-electron chi connectivity index (χ3n) is 4.56. The van der Waals surface area contributed by atoms with E-state index in [0.29, 0.717) is 39.7 Å². The van der Waals surface area contributed by atoms with Gasteiger partial charge in [-0.15, -0.1) is 10.2 Å². The number of carboxylic acid groups (broad SMARTS) is 1. The number of carboxylic acids is 1. The lowest BCUT2D eigenvalue weighted by atomic mass is 10.1. The molecule has 0 saturated carbocycles. The minimum atomic E-state index is -1.04. The molecule has 1 fully saturated rings. The average Bonchev–Trinajstić information content (AvgIpc) is 3.36. The van der Waals surface area contributed by atoms with Gasteiger partial charge in [-0.1, -0.05) is 31.3 Å². The molecule has 1 aromatic carbocycles. The highest BCUT2D eigenvalue weighted by Crippen LogP contribution is 2.36. The van der Waals surface area contributed by atoms with Gasteiger partial charge in [0.05, 0.1) is 12.0 Å². The van der Waals surface area contributed by atoms with Gasteiger partial charge in [-0.2, -0.15) is 4.99 Å². The van der Waals surface area contributed by atoms with Crippen molar-refractivity contribution in [3.8, 4) is 11.5 Å². The predicted molar refractivity (Wildman–Crippen MR) is 125 cm³/mol. The number of hydrogen-bond acceptors (Lipinski definition) is 9. The lowest BCUT2D eigenvalue weighted by Gasteiger charge is -2.16. The quantitative estimate of drug-likeness (QED) is 0.541. The number of methoxy groups -OCH3 is 1. The molecule has 3 rings (SSSR count). The number of ether oxygens (including phenoxy) is 2. The molecule has 2 heterocycles. The van der Waals surface area contributed by atoms with Gasteiger partial charge in [0.1, 0.15) is 5.01 Å². The Bertz CT molecular complexity index is 1070. The number of hydrogen-bond donors (Lipinski definition) is 1. The van der Waals surface area contributed by atoms with E-state index < -0.39 is 12.1 Å². The van der Waals surface area contributed by atoms with Gasteiger partial charge >= 0.3 is 5.97 Å². The van der Waals surface area contributed by atoms with Crippen molar-refractivity contribution in [2.45, 2.75) is 39.7 Å². The lowest BCUT2D eigenvalue weighted by Crippen LogP contribution is -2.28. The van der Waals surface area contributed by atoms with Crippen LogP contribution in [0.25, 0.3) is 6.08 Å². The number of benzene rings is 1. The Morgan fingerprint density at radius 1 is 1.28 bits per heavy atom.